The molecule has 8 heteroatoms. The first kappa shape index (κ1) is 22.1. The molecule has 0 aliphatic carbocycles. The maximum Gasteiger partial charge on any atom is 0.298 e. The standard InChI is InChI=1S/C23H24Cl2N4OS/c1-15-11-21(16(2)10-20(15)26-14-29-8-4-3-5-9-29)30-23-27-22(28-31-23)13-17-6-7-18(24)19(25)12-17/h6-7,10-12,14H,3-5,8-9,13H2,1-2H3. The Hall–Kier alpha value is -2.15. The minimum atomic E-state index is 0.516. The summed E-state index contributed by atoms with van der Waals surface area (Å²) < 4.78 is 10.4. The van der Waals surface area contributed by atoms with Crippen LogP contribution in [0.25, 0.3) is 0 Å². The van der Waals surface area contributed by atoms with Crippen molar-refractivity contribution in [3.05, 3.63) is 62.9 Å². The zero-order chi connectivity index (χ0) is 21.8. The maximum atomic E-state index is 6.10. The maximum absolute atomic E-state index is 6.10. The first-order valence-corrected chi connectivity index (χ1v) is 11.8. The third-order valence-corrected chi connectivity index (χ3v) is 6.61. The molecule has 1 fully saturated rings. The van der Waals surface area contributed by atoms with Crippen molar-refractivity contribution in [2.75, 3.05) is 13.1 Å². The second-order valence-corrected chi connectivity index (χ2v) is 9.28. The van der Waals surface area contributed by atoms with E-state index in [0.29, 0.717) is 27.5 Å². The molecule has 0 atom stereocenters. The normalized spacial score (nSPS) is 14.4. The molecule has 0 amide bonds. The number of hydrogen-bond donors (Lipinski definition) is 0. The summed E-state index contributed by atoms with van der Waals surface area (Å²) in [5, 5.41) is 1.58. The molecule has 0 saturated carbocycles. The van der Waals surface area contributed by atoms with Gasteiger partial charge in [-0.2, -0.15) is 9.36 Å². The Labute approximate surface area is 196 Å². The molecule has 0 radical (unpaired) electrons. The highest BCUT2D eigenvalue weighted by Gasteiger charge is 2.12. The molecule has 31 heavy (non-hydrogen) atoms. The van der Waals surface area contributed by atoms with E-state index in [9.17, 15) is 0 Å². The molecule has 4 rings (SSSR count). The molecule has 5 nitrogen and oxygen atoms in total. The van der Waals surface area contributed by atoms with E-state index in [0.717, 1.165) is 41.2 Å². The van der Waals surface area contributed by atoms with E-state index >= 15 is 0 Å². The van der Waals surface area contributed by atoms with Gasteiger partial charge in [0.05, 0.1) is 22.1 Å². The van der Waals surface area contributed by atoms with Crippen molar-refractivity contribution in [1.82, 2.24) is 14.3 Å². The van der Waals surface area contributed by atoms with Crippen LogP contribution in [0.15, 0.2) is 35.3 Å². The lowest BCUT2D eigenvalue weighted by Crippen LogP contribution is -2.28. The molecule has 0 unspecified atom stereocenters. The second-order valence-electron chi connectivity index (χ2n) is 7.75. The van der Waals surface area contributed by atoms with Crippen molar-refractivity contribution in [2.45, 2.75) is 39.5 Å². The summed E-state index contributed by atoms with van der Waals surface area (Å²) in [5.41, 5.74) is 4.04. The Kier molecular flexibility index (Phi) is 7.10. The van der Waals surface area contributed by atoms with Crippen LogP contribution >= 0.6 is 34.7 Å². The first-order chi connectivity index (χ1) is 15.0. The number of aliphatic imine (C=N–C) groups is 1. The van der Waals surface area contributed by atoms with Crippen molar-refractivity contribution in [2.24, 2.45) is 4.99 Å². The van der Waals surface area contributed by atoms with Gasteiger partial charge >= 0.3 is 0 Å². The minimum absolute atomic E-state index is 0.516. The van der Waals surface area contributed by atoms with Gasteiger partial charge in [-0.3, -0.25) is 0 Å². The summed E-state index contributed by atoms with van der Waals surface area (Å²) in [6.45, 7) is 6.24. The van der Waals surface area contributed by atoms with E-state index in [2.05, 4.69) is 20.3 Å². The quantitative estimate of drug-likeness (QED) is 0.285. The molecule has 0 bridgehead atoms. The summed E-state index contributed by atoms with van der Waals surface area (Å²) in [6, 6.07) is 9.61. The number of piperidine rings is 1. The fourth-order valence-corrected chi connectivity index (χ4v) is 4.36. The Morgan fingerprint density at radius 3 is 2.65 bits per heavy atom. The molecule has 162 valence electrons. The molecule has 1 aromatic heterocycles. The van der Waals surface area contributed by atoms with Crippen molar-refractivity contribution in [3.8, 4) is 10.9 Å². The fourth-order valence-electron chi connectivity index (χ4n) is 3.48. The van der Waals surface area contributed by atoms with Crippen molar-refractivity contribution in [1.29, 1.82) is 0 Å². The highest BCUT2D eigenvalue weighted by atomic mass is 35.5. The van der Waals surface area contributed by atoms with Gasteiger partial charge in [0.1, 0.15) is 5.75 Å². The molecule has 2 heterocycles. The lowest BCUT2D eigenvalue weighted by molar-refractivity contribution is 0.351. The summed E-state index contributed by atoms with van der Waals surface area (Å²) in [4.78, 5) is 11.5. The predicted molar refractivity (Wildman–Crippen MR) is 129 cm³/mol. The number of likely N-dealkylation sites (tertiary alicyclic amines) is 1. The predicted octanol–water partition coefficient (Wildman–Crippen LogP) is 6.99. The van der Waals surface area contributed by atoms with E-state index in [1.807, 2.05) is 38.4 Å². The zero-order valence-electron chi connectivity index (χ0n) is 17.6. The van der Waals surface area contributed by atoms with E-state index in [1.54, 1.807) is 6.07 Å². The van der Waals surface area contributed by atoms with E-state index in [-0.39, 0.29) is 0 Å². The summed E-state index contributed by atoms with van der Waals surface area (Å²) in [7, 11) is 0. The average molecular weight is 475 g/mol. The van der Waals surface area contributed by atoms with Crippen LogP contribution < -0.4 is 4.74 Å². The van der Waals surface area contributed by atoms with Gasteiger partial charge in [-0.25, -0.2) is 4.99 Å². The molecule has 0 N–H and O–H groups in total. The number of halogens is 2. The van der Waals surface area contributed by atoms with E-state index in [1.165, 1.54) is 30.8 Å². The van der Waals surface area contributed by atoms with Gasteiger partial charge in [0.15, 0.2) is 5.82 Å². The van der Waals surface area contributed by atoms with Gasteiger partial charge in [0, 0.05) is 31.0 Å². The van der Waals surface area contributed by atoms with Crippen LogP contribution in [0.3, 0.4) is 0 Å². The summed E-state index contributed by atoms with van der Waals surface area (Å²) in [5.74, 6) is 1.46. The topological polar surface area (TPSA) is 50.6 Å². The van der Waals surface area contributed by atoms with Crippen LogP contribution in [0.5, 0.6) is 10.9 Å². The van der Waals surface area contributed by atoms with Crippen LogP contribution in [0.1, 0.15) is 41.8 Å². The fraction of sp³-hybridized carbons (Fsp3) is 0.348. The molecule has 0 spiro atoms. The van der Waals surface area contributed by atoms with Crippen molar-refractivity contribution < 1.29 is 4.74 Å². The number of nitrogens with zero attached hydrogens (tertiary/aromatic N) is 4. The highest BCUT2D eigenvalue weighted by Crippen LogP contribution is 2.32. The lowest BCUT2D eigenvalue weighted by Gasteiger charge is -2.23. The van der Waals surface area contributed by atoms with Crippen LogP contribution in [-0.2, 0) is 6.42 Å². The smallest absolute Gasteiger partial charge is 0.298 e. The van der Waals surface area contributed by atoms with Crippen molar-refractivity contribution in [3.63, 3.8) is 0 Å². The minimum Gasteiger partial charge on any atom is -0.430 e. The van der Waals surface area contributed by atoms with E-state index in [4.69, 9.17) is 32.9 Å². The summed E-state index contributed by atoms with van der Waals surface area (Å²) >= 11 is 13.3. The largest absolute Gasteiger partial charge is 0.430 e. The number of benzene rings is 2. The van der Waals surface area contributed by atoms with Gasteiger partial charge in [-0.15, -0.1) is 0 Å². The van der Waals surface area contributed by atoms with Gasteiger partial charge in [0.25, 0.3) is 5.19 Å². The monoisotopic (exact) mass is 474 g/mol. The Bertz CT molecular complexity index is 1090. The van der Waals surface area contributed by atoms with Crippen LogP contribution in [0.2, 0.25) is 10.0 Å². The van der Waals surface area contributed by atoms with Crippen LogP contribution in [0.4, 0.5) is 5.69 Å². The average Bonchev–Trinajstić information content (AvgIpc) is 3.19. The van der Waals surface area contributed by atoms with Gasteiger partial charge in [-0.1, -0.05) is 29.3 Å². The zero-order valence-corrected chi connectivity index (χ0v) is 19.9. The SMILES string of the molecule is Cc1cc(Oc2nc(Cc3ccc(Cl)c(Cl)c3)ns2)c(C)cc1N=CN1CCCCC1. The van der Waals surface area contributed by atoms with Gasteiger partial charge in [-0.05, 0) is 74.1 Å². The van der Waals surface area contributed by atoms with Gasteiger partial charge in [0.2, 0.25) is 0 Å². The summed E-state index contributed by atoms with van der Waals surface area (Å²) in [6.07, 6.45) is 6.34. The van der Waals surface area contributed by atoms with Crippen LogP contribution in [0, 0.1) is 13.8 Å². The van der Waals surface area contributed by atoms with Crippen LogP contribution in [-0.4, -0.2) is 33.7 Å². The Morgan fingerprint density at radius 2 is 1.87 bits per heavy atom. The Balaban J connectivity index is 1.44. The molecule has 1 saturated heterocycles. The van der Waals surface area contributed by atoms with Gasteiger partial charge < -0.3 is 9.64 Å². The second kappa shape index (κ2) is 9.98. The lowest BCUT2D eigenvalue weighted by atomic mass is 10.1. The third-order valence-electron chi connectivity index (χ3n) is 5.24. The number of aryl methyl sites for hydroxylation is 2. The Morgan fingerprint density at radius 1 is 1.06 bits per heavy atom. The molecular weight excluding hydrogens is 451 g/mol. The molecule has 3 aromatic rings. The molecule has 1 aliphatic rings. The number of aromatic nitrogens is 2. The number of ether oxygens (including phenoxy) is 1. The van der Waals surface area contributed by atoms with Crippen molar-refractivity contribution >= 4 is 46.8 Å². The first-order valence-electron chi connectivity index (χ1n) is 10.3. The molecular formula is C23H24Cl2N4OS. The number of rotatable bonds is 6. The van der Waals surface area contributed by atoms with E-state index < -0.39 is 0 Å². The third kappa shape index (κ3) is 5.76. The molecule has 1 aliphatic heterocycles. The number of hydrogen-bond acceptors (Lipinski definition) is 5. The highest BCUT2D eigenvalue weighted by molar-refractivity contribution is 7.07. The molecule has 2 aromatic carbocycles.